The molecule has 0 saturated carbocycles. The minimum atomic E-state index is -1.44. The standard InChI is InChI=1S/C13H16O4/c1-13(2,17-3)8-9-5-4-6-10(7-9)11(14)12(15)16/h4-7H,8H2,1-3H3,(H,15,16). The van der Waals surface area contributed by atoms with Crippen molar-refractivity contribution in [2.75, 3.05) is 7.11 Å². The van der Waals surface area contributed by atoms with Gasteiger partial charge >= 0.3 is 5.97 Å². The molecular weight excluding hydrogens is 220 g/mol. The maximum Gasteiger partial charge on any atom is 0.377 e. The lowest BCUT2D eigenvalue weighted by Gasteiger charge is -2.22. The molecule has 92 valence electrons. The number of ketones is 1. The van der Waals surface area contributed by atoms with E-state index in [2.05, 4.69) is 0 Å². The molecule has 0 unspecified atom stereocenters. The van der Waals surface area contributed by atoms with E-state index in [4.69, 9.17) is 9.84 Å². The van der Waals surface area contributed by atoms with Crippen LogP contribution in [0.4, 0.5) is 0 Å². The van der Waals surface area contributed by atoms with Gasteiger partial charge in [-0.1, -0.05) is 18.2 Å². The monoisotopic (exact) mass is 236 g/mol. The first-order valence-corrected chi connectivity index (χ1v) is 5.27. The van der Waals surface area contributed by atoms with Crippen molar-refractivity contribution in [2.24, 2.45) is 0 Å². The lowest BCUT2D eigenvalue weighted by atomic mass is 9.96. The number of hydrogen-bond donors (Lipinski definition) is 1. The third-order valence-corrected chi connectivity index (χ3v) is 2.57. The molecule has 0 aliphatic heterocycles. The summed E-state index contributed by atoms with van der Waals surface area (Å²) in [6.45, 7) is 3.86. The van der Waals surface area contributed by atoms with Crippen LogP contribution in [0.1, 0.15) is 29.8 Å². The SMILES string of the molecule is COC(C)(C)Cc1cccc(C(=O)C(=O)O)c1. The fourth-order valence-corrected chi connectivity index (χ4v) is 1.51. The van der Waals surface area contributed by atoms with E-state index in [0.29, 0.717) is 6.42 Å². The normalized spacial score (nSPS) is 11.2. The second-order valence-corrected chi connectivity index (χ2v) is 4.48. The predicted octanol–water partition coefficient (Wildman–Crippen LogP) is 1.92. The van der Waals surface area contributed by atoms with Crippen LogP contribution in [0.2, 0.25) is 0 Å². The van der Waals surface area contributed by atoms with Crippen molar-refractivity contribution in [3.05, 3.63) is 35.4 Å². The Bertz CT molecular complexity index is 435. The van der Waals surface area contributed by atoms with E-state index < -0.39 is 11.8 Å². The second kappa shape index (κ2) is 5.10. The fourth-order valence-electron chi connectivity index (χ4n) is 1.51. The van der Waals surface area contributed by atoms with Crippen LogP contribution in [-0.4, -0.2) is 29.6 Å². The number of aliphatic carboxylic acids is 1. The minimum Gasteiger partial charge on any atom is -0.475 e. The minimum absolute atomic E-state index is 0.196. The van der Waals surface area contributed by atoms with Crippen molar-refractivity contribution in [3.8, 4) is 0 Å². The van der Waals surface area contributed by atoms with Crippen LogP contribution in [0.25, 0.3) is 0 Å². The Balaban J connectivity index is 2.94. The molecular formula is C13H16O4. The number of Topliss-reactive ketones (excluding diaryl/α,β-unsaturated/α-hetero) is 1. The first kappa shape index (κ1) is 13.4. The molecule has 0 aliphatic rings. The highest BCUT2D eigenvalue weighted by atomic mass is 16.5. The molecule has 1 aromatic rings. The molecule has 0 radical (unpaired) electrons. The van der Waals surface area contributed by atoms with Crippen LogP contribution in [0.5, 0.6) is 0 Å². The summed E-state index contributed by atoms with van der Waals surface area (Å²) in [7, 11) is 1.62. The Morgan fingerprint density at radius 3 is 2.53 bits per heavy atom. The molecule has 0 spiro atoms. The van der Waals surface area contributed by atoms with Crippen molar-refractivity contribution >= 4 is 11.8 Å². The summed E-state index contributed by atoms with van der Waals surface area (Å²) in [5, 5.41) is 8.63. The molecule has 0 bridgehead atoms. The molecule has 1 rings (SSSR count). The third kappa shape index (κ3) is 3.67. The van der Waals surface area contributed by atoms with Crippen molar-refractivity contribution < 1.29 is 19.4 Å². The van der Waals surface area contributed by atoms with Gasteiger partial charge in [0.1, 0.15) is 0 Å². The first-order chi connectivity index (χ1) is 7.85. The van der Waals surface area contributed by atoms with Gasteiger partial charge in [-0.15, -0.1) is 0 Å². The van der Waals surface area contributed by atoms with E-state index in [1.54, 1.807) is 19.2 Å². The molecule has 0 amide bonds. The average molecular weight is 236 g/mol. The lowest BCUT2D eigenvalue weighted by Crippen LogP contribution is -2.25. The molecule has 0 heterocycles. The zero-order chi connectivity index (χ0) is 13.1. The molecule has 0 fully saturated rings. The van der Waals surface area contributed by atoms with Gasteiger partial charge in [-0.05, 0) is 25.5 Å². The van der Waals surface area contributed by atoms with Gasteiger partial charge in [0, 0.05) is 19.1 Å². The van der Waals surface area contributed by atoms with E-state index in [1.165, 1.54) is 6.07 Å². The summed E-state index contributed by atoms with van der Waals surface area (Å²) in [5.74, 6) is -2.32. The van der Waals surface area contributed by atoms with Crippen LogP contribution < -0.4 is 0 Å². The number of carboxylic acid groups (broad SMARTS) is 1. The molecule has 0 atom stereocenters. The number of carbonyl (C=O) groups excluding carboxylic acids is 1. The second-order valence-electron chi connectivity index (χ2n) is 4.48. The zero-order valence-electron chi connectivity index (χ0n) is 10.2. The number of hydrogen-bond acceptors (Lipinski definition) is 3. The Morgan fingerprint density at radius 1 is 1.35 bits per heavy atom. The Kier molecular flexibility index (Phi) is 4.02. The molecule has 0 aromatic heterocycles. The van der Waals surface area contributed by atoms with E-state index >= 15 is 0 Å². The Morgan fingerprint density at radius 2 is 2.00 bits per heavy atom. The first-order valence-electron chi connectivity index (χ1n) is 5.27. The van der Waals surface area contributed by atoms with Gasteiger partial charge in [-0.25, -0.2) is 4.79 Å². The van der Waals surface area contributed by atoms with E-state index in [-0.39, 0.29) is 11.2 Å². The smallest absolute Gasteiger partial charge is 0.377 e. The average Bonchev–Trinajstić information content (AvgIpc) is 2.27. The highest BCUT2D eigenvalue weighted by Crippen LogP contribution is 2.17. The zero-order valence-corrected chi connectivity index (χ0v) is 10.2. The lowest BCUT2D eigenvalue weighted by molar-refractivity contribution is -0.131. The quantitative estimate of drug-likeness (QED) is 0.626. The fraction of sp³-hybridized carbons (Fsp3) is 0.385. The van der Waals surface area contributed by atoms with Gasteiger partial charge in [0.15, 0.2) is 0 Å². The highest BCUT2D eigenvalue weighted by molar-refractivity contribution is 6.39. The van der Waals surface area contributed by atoms with Crippen LogP contribution >= 0.6 is 0 Å². The van der Waals surface area contributed by atoms with Crippen LogP contribution in [0, 0.1) is 0 Å². The van der Waals surface area contributed by atoms with Gasteiger partial charge in [-0.3, -0.25) is 4.79 Å². The number of rotatable bonds is 5. The summed E-state index contributed by atoms with van der Waals surface area (Å²) < 4.78 is 5.29. The Hall–Kier alpha value is -1.68. The van der Waals surface area contributed by atoms with E-state index in [0.717, 1.165) is 5.56 Å². The molecule has 0 aliphatic carbocycles. The highest BCUT2D eigenvalue weighted by Gasteiger charge is 2.19. The number of benzene rings is 1. The van der Waals surface area contributed by atoms with Crippen molar-refractivity contribution in [3.63, 3.8) is 0 Å². The maximum atomic E-state index is 11.3. The summed E-state index contributed by atoms with van der Waals surface area (Å²) in [6, 6.07) is 6.62. The number of ether oxygens (including phenoxy) is 1. The predicted molar refractivity (Wildman–Crippen MR) is 63.2 cm³/mol. The molecule has 17 heavy (non-hydrogen) atoms. The van der Waals surface area contributed by atoms with Gasteiger partial charge in [0.25, 0.3) is 5.78 Å². The van der Waals surface area contributed by atoms with Gasteiger partial charge in [0.2, 0.25) is 0 Å². The van der Waals surface area contributed by atoms with Crippen LogP contribution in [0.3, 0.4) is 0 Å². The van der Waals surface area contributed by atoms with E-state index in [1.807, 2.05) is 19.9 Å². The third-order valence-electron chi connectivity index (χ3n) is 2.57. The van der Waals surface area contributed by atoms with Gasteiger partial charge < -0.3 is 9.84 Å². The molecule has 4 heteroatoms. The largest absolute Gasteiger partial charge is 0.475 e. The van der Waals surface area contributed by atoms with Gasteiger partial charge in [0.05, 0.1) is 5.60 Å². The number of carbonyl (C=O) groups is 2. The number of carboxylic acids is 1. The van der Waals surface area contributed by atoms with Crippen LogP contribution in [0.15, 0.2) is 24.3 Å². The summed E-state index contributed by atoms with van der Waals surface area (Å²) >= 11 is 0. The summed E-state index contributed by atoms with van der Waals surface area (Å²) in [6.07, 6.45) is 0.615. The Labute approximate surface area is 100 Å². The van der Waals surface area contributed by atoms with E-state index in [9.17, 15) is 9.59 Å². The molecule has 1 aromatic carbocycles. The summed E-state index contributed by atoms with van der Waals surface area (Å²) in [4.78, 5) is 21.9. The molecule has 1 N–H and O–H groups in total. The molecule has 0 saturated heterocycles. The maximum absolute atomic E-state index is 11.3. The topological polar surface area (TPSA) is 63.6 Å². The van der Waals surface area contributed by atoms with Gasteiger partial charge in [-0.2, -0.15) is 0 Å². The number of methoxy groups -OCH3 is 1. The molecule has 4 nitrogen and oxygen atoms in total. The van der Waals surface area contributed by atoms with Crippen molar-refractivity contribution in [1.82, 2.24) is 0 Å². The van der Waals surface area contributed by atoms with Crippen LogP contribution in [-0.2, 0) is 16.0 Å². The van der Waals surface area contributed by atoms with Crippen molar-refractivity contribution in [1.29, 1.82) is 0 Å². The summed E-state index contributed by atoms with van der Waals surface area (Å²) in [5.41, 5.74) is 0.732. The van der Waals surface area contributed by atoms with Crippen molar-refractivity contribution in [2.45, 2.75) is 25.9 Å².